The summed E-state index contributed by atoms with van der Waals surface area (Å²) in [6, 6.07) is 95.0. The smallest absolute Gasteiger partial charge is 0.0542 e. The van der Waals surface area contributed by atoms with Crippen molar-refractivity contribution in [2.24, 2.45) is 5.92 Å². The van der Waals surface area contributed by atoms with Crippen LogP contribution in [0.15, 0.2) is 302 Å². The summed E-state index contributed by atoms with van der Waals surface area (Å²) in [5, 5.41) is 2.45. The number of allylic oxidation sites excluding steroid dienone is 8. The van der Waals surface area contributed by atoms with E-state index in [-0.39, 0.29) is 11.3 Å². The van der Waals surface area contributed by atoms with E-state index in [1.54, 1.807) is 0 Å². The fraction of sp³-hybridized carbons (Fsp3) is 0.0811. The summed E-state index contributed by atoms with van der Waals surface area (Å²) in [6.07, 6.45) is 11.3. The molecule has 14 rings (SSSR count). The van der Waals surface area contributed by atoms with Crippen LogP contribution in [0, 0.1) is 5.92 Å². The Balaban J connectivity index is 0.837. The lowest BCUT2D eigenvalue weighted by Gasteiger charge is -2.40. The number of aromatic nitrogens is 1. The molecule has 1 aromatic heterocycles. The van der Waals surface area contributed by atoms with Crippen LogP contribution in [-0.4, -0.2) is 4.57 Å². The van der Waals surface area contributed by atoms with E-state index >= 15 is 0 Å². The fourth-order valence-corrected chi connectivity index (χ4v) is 12.7. The Morgan fingerprint density at radius 1 is 0.397 bits per heavy atom. The summed E-state index contributed by atoms with van der Waals surface area (Å²) in [4.78, 5) is 7.43. The summed E-state index contributed by atoms with van der Waals surface area (Å²) in [6.45, 7) is 4.83. The predicted octanol–water partition coefficient (Wildman–Crippen LogP) is 19.7. The minimum atomic E-state index is -0.229. The summed E-state index contributed by atoms with van der Waals surface area (Å²) in [5.41, 5.74) is 22.9. The summed E-state index contributed by atoms with van der Waals surface area (Å²) >= 11 is 0. The van der Waals surface area contributed by atoms with Crippen molar-refractivity contribution in [2.75, 3.05) is 14.7 Å². The molecule has 10 aromatic carbocycles. The van der Waals surface area contributed by atoms with Gasteiger partial charge in [-0.2, -0.15) is 0 Å². The van der Waals surface area contributed by atoms with E-state index in [0.29, 0.717) is 0 Å². The molecule has 0 N–H and O–H groups in total. The van der Waals surface area contributed by atoms with Crippen LogP contribution in [0.3, 0.4) is 0 Å². The van der Waals surface area contributed by atoms with Gasteiger partial charge in [-0.1, -0.05) is 183 Å². The molecular formula is C74H58N4. The highest BCUT2D eigenvalue weighted by molar-refractivity contribution is 6.10. The quantitative estimate of drug-likeness (QED) is 0.128. The molecule has 11 aromatic rings. The highest BCUT2D eigenvalue weighted by Gasteiger charge is 2.46. The van der Waals surface area contributed by atoms with Crippen LogP contribution in [0.5, 0.6) is 0 Å². The molecule has 4 nitrogen and oxygen atoms in total. The SMILES string of the molecule is CC1CC(N(C2=CC=C3N(c4ccccc4)c4ccccc4C3(C)C2)c2ccc(-c3ccccc3)cc2)=CC=C1c1ccc(N(c2ccc(-c3ccccc3)cc2)c2ccc3c(c2)c2ccccc2n3-c2ccccc2)cc1. The number of nitrogens with zero attached hydrogens (tertiary/aromatic N) is 4. The molecule has 78 heavy (non-hydrogen) atoms. The molecule has 0 saturated carbocycles. The molecule has 0 amide bonds. The van der Waals surface area contributed by atoms with Crippen LogP contribution in [0.25, 0.3) is 55.3 Å². The van der Waals surface area contributed by atoms with E-state index in [9.17, 15) is 0 Å². The Morgan fingerprint density at radius 2 is 0.885 bits per heavy atom. The van der Waals surface area contributed by atoms with Gasteiger partial charge in [0.05, 0.1) is 11.0 Å². The Bertz CT molecular complexity index is 4130. The molecule has 0 bridgehead atoms. The number of hydrogen-bond acceptors (Lipinski definition) is 3. The largest absolute Gasteiger partial charge is 0.318 e. The van der Waals surface area contributed by atoms with Crippen LogP contribution in [0.4, 0.5) is 34.1 Å². The molecule has 2 atom stereocenters. The van der Waals surface area contributed by atoms with E-state index in [0.717, 1.165) is 35.6 Å². The highest BCUT2D eigenvalue weighted by Crippen LogP contribution is 2.56. The van der Waals surface area contributed by atoms with Crippen LogP contribution in [-0.2, 0) is 5.41 Å². The monoisotopic (exact) mass is 1000 g/mol. The second kappa shape index (κ2) is 19.5. The predicted molar refractivity (Wildman–Crippen MR) is 328 cm³/mol. The van der Waals surface area contributed by atoms with E-state index in [4.69, 9.17) is 0 Å². The molecule has 374 valence electrons. The lowest BCUT2D eigenvalue weighted by molar-refractivity contribution is 0.549. The zero-order chi connectivity index (χ0) is 52.2. The third-order valence-corrected chi connectivity index (χ3v) is 16.5. The van der Waals surface area contributed by atoms with Crippen molar-refractivity contribution in [1.29, 1.82) is 0 Å². The third kappa shape index (κ3) is 8.16. The maximum absolute atomic E-state index is 2.56. The van der Waals surface area contributed by atoms with Gasteiger partial charge in [0.2, 0.25) is 0 Å². The number of benzene rings is 10. The first-order chi connectivity index (χ1) is 38.5. The minimum Gasteiger partial charge on any atom is -0.318 e. The van der Waals surface area contributed by atoms with E-state index in [1.165, 1.54) is 94.9 Å². The first-order valence-electron chi connectivity index (χ1n) is 27.3. The number of anilines is 6. The van der Waals surface area contributed by atoms with E-state index < -0.39 is 0 Å². The lowest BCUT2D eigenvalue weighted by Crippen LogP contribution is -2.34. The maximum atomic E-state index is 2.56. The van der Waals surface area contributed by atoms with Gasteiger partial charge in [-0.15, -0.1) is 0 Å². The van der Waals surface area contributed by atoms with E-state index in [1.807, 2.05) is 0 Å². The van der Waals surface area contributed by atoms with Crippen molar-refractivity contribution in [1.82, 2.24) is 4.57 Å². The van der Waals surface area contributed by atoms with Crippen molar-refractivity contribution in [3.05, 3.63) is 313 Å². The Hall–Kier alpha value is -9.64. The zero-order valence-electron chi connectivity index (χ0n) is 43.9. The van der Waals surface area contributed by atoms with Crippen molar-refractivity contribution in [3.8, 4) is 27.9 Å². The van der Waals surface area contributed by atoms with Crippen LogP contribution < -0.4 is 14.7 Å². The molecule has 2 aliphatic carbocycles. The number of fused-ring (bicyclic) bond motifs is 6. The first-order valence-corrected chi connectivity index (χ1v) is 27.3. The van der Waals surface area contributed by atoms with Crippen LogP contribution in [0.1, 0.15) is 37.8 Å². The molecule has 4 heteroatoms. The second-order valence-corrected chi connectivity index (χ2v) is 21.2. The molecule has 0 fully saturated rings. The average Bonchev–Trinajstić information content (AvgIpc) is 4.00. The summed E-state index contributed by atoms with van der Waals surface area (Å²) in [5.74, 6) is 0.263. The highest BCUT2D eigenvalue weighted by atomic mass is 15.2. The van der Waals surface area contributed by atoms with Gasteiger partial charge in [-0.05, 0) is 167 Å². The van der Waals surface area contributed by atoms with Gasteiger partial charge in [-0.25, -0.2) is 0 Å². The molecule has 2 unspecified atom stereocenters. The minimum absolute atomic E-state index is 0.229. The Kier molecular flexibility index (Phi) is 11.7. The first kappa shape index (κ1) is 46.9. The average molecular weight is 1000 g/mol. The zero-order valence-corrected chi connectivity index (χ0v) is 43.9. The number of rotatable bonds is 11. The van der Waals surface area contributed by atoms with E-state index in [2.05, 4.69) is 318 Å². The molecule has 1 aliphatic heterocycles. The molecule has 2 heterocycles. The summed E-state index contributed by atoms with van der Waals surface area (Å²) < 4.78 is 2.38. The van der Waals surface area contributed by atoms with Crippen LogP contribution in [0.2, 0.25) is 0 Å². The normalized spacial score (nSPS) is 16.7. The van der Waals surface area contributed by atoms with Gasteiger partial charge >= 0.3 is 0 Å². The Labute approximate surface area is 457 Å². The second-order valence-electron chi connectivity index (χ2n) is 21.2. The van der Waals surface area contributed by atoms with Gasteiger partial charge in [-0.3, -0.25) is 0 Å². The van der Waals surface area contributed by atoms with Crippen LogP contribution >= 0.6 is 0 Å². The molecule has 0 saturated heterocycles. The summed E-state index contributed by atoms with van der Waals surface area (Å²) in [7, 11) is 0. The number of para-hydroxylation sites is 4. The van der Waals surface area contributed by atoms with Gasteiger partial charge < -0.3 is 19.3 Å². The van der Waals surface area contributed by atoms with Crippen molar-refractivity contribution >= 4 is 61.5 Å². The third-order valence-electron chi connectivity index (χ3n) is 16.5. The van der Waals surface area contributed by atoms with Crippen molar-refractivity contribution < 1.29 is 0 Å². The maximum Gasteiger partial charge on any atom is 0.0542 e. The molecule has 0 spiro atoms. The van der Waals surface area contributed by atoms with Crippen molar-refractivity contribution in [2.45, 2.75) is 32.1 Å². The van der Waals surface area contributed by atoms with Gasteiger partial charge in [0, 0.05) is 79.5 Å². The Morgan fingerprint density at radius 3 is 1.51 bits per heavy atom. The topological polar surface area (TPSA) is 14.7 Å². The van der Waals surface area contributed by atoms with Gasteiger partial charge in [0.1, 0.15) is 0 Å². The lowest BCUT2D eigenvalue weighted by atomic mass is 9.75. The fourth-order valence-electron chi connectivity index (χ4n) is 12.7. The number of hydrogen-bond donors (Lipinski definition) is 0. The van der Waals surface area contributed by atoms with Crippen molar-refractivity contribution in [3.63, 3.8) is 0 Å². The molecular weight excluding hydrogens is 945 g/mol. The standard InChI is InChI=1S/C74H58N4/c1-52-49-63(76(62-39-33-56(34-40-62)54-21-9-4-10-22-54)65-45-48-73-74(2,51-65)69-28-16-18-30-72(69)78(73)59-25-13-6-14-26-59)43-46-66(52)57-35-41-61(42-36-57)75(60-37-31-55(32-38-60)53-19-7-3-8-20-53)64-44-47-71-68(50-64)67-27-15-17-29-70(67)77(71)58-23-11-5-12-24-58/h3-48,50,52H,49,51H2,1-2H3. The van der Waals surface area contributed by atoms with Gasteiger partial charge in [0.15, 0.2) is 0 Å². The molecule has 0 radical (unpaired) electrons. The molecule has 3 aliphatic rings. The van der Waals surface area contributed by atoms with Gasteiger partial charge in [0.25, 0.3) is 0 Å².